The lowest BCUT2D eigenvalue weighted by Crippen LogP contribution is -2.48. The molecule has 0 saturated heterocycles. The summed E-state index contributed by atoms with van der Waals surface area (Å²) in [7, 11) is -2.46. The van der Waals surface area contributed by atoms with E-state index < -0.39 is 20.7 Å². The summed E-state index contributed by atoms with van der Waals surface area (Å²) in [6.07, 6.45) is 4.98. The molecule has 1 N–H and O–H groups in total. The van der Waals surface area contributed by atoms with Crippen LogP contribution in [0, 0.1) is 13.8 Å². The summed E-state index contributed by atoms with van der Waals surface area (Å²) in [6.45, 7) is 6.99. The standard InChI is InChI=1S/C26H38O6S/c1-6-7-8-9-10-14-17-26(4,33(29,30)21-15-12-11-13-16-21)23(27)18-22-19(2)24(28)20(3)25(31-5)32-22/h11-13,15-16,23,27H,6-10,14,17-18H2,1-5H3. The number of aliphatic hydroxyl groups excluding tert-OH is 1. The molecule has 2 aromatic rings. The Bertz CT molecular complexity index is 1060. The van der Waals surface area contributed by atoms with Crippen LogP contribution >= 0.6 is 0 Å². The highest BCUT2D eigenvalue weighted by atomic mass is 32.2. The van der Waals surface area contributed by atoms with Gasteiger partial charge < -0.3 is 14.3 Å². The Morgan fingerprint density at radius 3 is 2.24 bits per heavy atom. The highest BCUT2D eigenvalue weighted by Gasteiger charge is 2.46. The molecule has 184 valence electrons. The van der Waals surface area contributed by atoms with Crippen LogP contribution in [0.1, 0.15) is 75.7 Å². The first-order valence-corrected chi connectivity index (χ1v) is 13.2. The van der Waals surface area contributed by atoms with Crippen LogP contribution in [0.2, 0.25) is 0 Å². The summed E-state index contributed by atoms with van der Waals surface area (Å²) in [5, 5.41) is 11.3. The van der Waals surface area contributed by atoms with Crippen molar-refractivity contribution in [1.29, 1.82) is 0 Å². The van der Waals surface area contributed by atoms with E-state index in [4.69, 9.17) is 9.15 Å². The van der Waals surface area contributed by atoms with Crippen LogP contribution in [0.3, 0.4) is 0 Å². The first-order chi connectivity index (χ1) is 15.6. The van der Waals surface area contributed by atoms with Gasteiger partial charge in [-0.25, -0.2) is 8.42 Å². The Balaban J connectivity index is 2.39. The molecule has 2 unspecified atom stereocenters. The zero-order valence-electron chi connectivity index (χ0n) is 20.5. The van der Waals surface area contributed by atoms with Crippen molar-refractivity contribution in [3.63, 3.8) is 0 Å². The lowest BCUT2D eigenvalue weighted by Gasteiger charge is -2.34. The van der Waals surface area contributed by atoms with E-state index in [1.165, 1.54) is 7.11 Å². The fourth-order valence-corrected chi connectivity index (χ4v) is 6.06. The van der Waals surface area contributed by atoms with E-state index in [2.05, 4.69) is 6.92 Å². The summed E-state index contributed by atoms with van der Waals surface area (Å²) in [6, 6.07) is 8.23. The molecule has 0 aliphatic heterocycles. The van der Waals surface area contributed by atoms with Crippen molar-refractivity contribution < 1.29 is 22.7 Å². The van der Waals surface area contributed by atoms with Crippen molar-refractivity contribution in [2.45, 2.75) is 94.8 Å². The highest BCUT2D eigenvalue weighted by molar-refractivity contribution is 7.92. The first-order valence-electron chi connectivity index (χ1n) is 11.7. The van der Waals surface area contributed by atoms with Crippen LogP contribution in [0.25, 0.3) is 0 Å². The largest absolute Gasteiger partial charge is 0.468 e. The number of hydrogen-bond acceptors (Lipinski definition) is 6. The van der Waals surface area contributed by atoms with Crippen LogP contribution in [-0.2, 0) is 16.3 Å². The SMILES string of the molecule is CCCCCCCCC(C)(C(O)Cc1oc(OC)c(C)c(=O)c1C)S(=O)(=O)c1ccccc1. The van der Waals surface area contributed by atoms with Crippen LogP contribution in [0.4, 0.5) is 0 Å². The maximum atomic E-state index is 13.7. The minimum Gasteiger partial charge on any atom is -0.468 e. The molecular formula is C26H38O6S. The molecule has 0 aliphatic rings. The first kappa shape index (κ1) is 27.1. The predicted molar refractivity (Wildman–Crippen MR) is 131 cm³/mol. The number of benzene rings is 1. The zero-order chi connectivity index (χ0) is 24.6. The molecule has 0 amide bonds. The Labute approximate surface area is 197 Å². The quantitative estimate of drug-likeness (QED) is 0.400. The minimum absolute atomic E-state index is 0.0799. The lowest BCUT2D eigenvalue weighted by atomic mass is 9.92. The summed E-state index contributed by atoms with van der Waals surface area (Å²) in [5.74, 6) is 0.323. The van der Waals surface area contributed by atoms with Gasteiger partial charge in [-0.2, -0.15) is 0 Å². The highest BCUT2D eigenvalue weighted by Crippen LogP contribution is 2.36. The van der Waals surface area contributed by atoms with Crippen LogP contribution < -0.4 is 10.2 Å². The molecule has 7 heteroatoms. The van der Waals surface area contributed by atoms with Gasteiger partial charge in [0.1, 0.15) is 10.5 Å². The number of aliphatic hydroxyl groups is 1. The molecule has 1 aromatic carbocycles. The topological polar surface area (TPSA) is 93.8 Å². The maximum absolute atomic E-state index is 13.7. The molecule has 0 fully saturated rings. The summed E-state index contributed by atoms with van der Waals surface area (Å²) < 4.78 is 36.9. The van der Waals surface area contributed by atoms with E-state index in [-0.39, 0.29) is 28.5 Å². The number of methoxy groups -OCH3 is 1. The van der Waals surface area contributed by atoms with Gasteiger partial charge in [0.15, 0.2) is 15.3 Å². The van der Waals surface area contributed by atoms with Crippen molar-refractivity contribution in [1.82, 2.24) is 0 Å². The van der Waals surface area contributed by atoms with Crippen molar-refractivity contribution in [3.8, 4) is 5.95 Å². The van der Waals surface area contributed by atoms with Gasteiger partial charge in [0.05, 0.1) is 23.7 Å². The second-order valence-corrected chi connectivity index (χ2v) is 11.4. The number of unbranched alkanes of at least 4 members (excludes halogenated alkanes) is 5. The Hall–Kier alpha value is -2.12. The van der Waals surface area contributed by atoms with Gasteiger partial charge in [-0.05, 0) is 39.3 Å². The minimum atomic E-state index is -3.87. The molecule has 2 atom stereocenters. The van der Waals surface area contributed by atoms with Gasteiger partial charge in [-0.15, -0.1) is 0 Å². The number of rotatable bonds is 13. The molecule has 33 heavy (non-hydrogen) atoms. The van der Waals surface area contributed by atoms with E-state index in [9.17, 15) is 18.3 Å². The molecule has 0 spiro atoms. The van der Waals surface area contributed by atoms with E-state index in [0.29, 0.717) is 24.0 Å². The second kappa shape index (κ2) is 11.8. The molecule has 0 saturated carbocycles. The van der Waals surface area contributed by atoms with Gasteiger partial charge in [0.2, 0.25) is 0 Å². The van der Waals surface area contributed by atoms with E-state index >= 15 is 0 Å². The molecule has 1 heterocycles. The van der Waals surface area contributed by atoms with Crippen molar-refractivity contribution in [2.24, 2.45) is 0 Å². The molecule has 0 aliphatic carbocycles. The summed E-state index contributed by atoms with van der Waals surface area (Å²) in [4.78, 5) is 12.8. The Morgan fingerprint density at radius 2 is 1.64 bits per heavy atom. The van der Waals surface area contributed by atoms with Gasteiger partial charge in [0, 0.05) is 12.0 Å². The molecule has 0 radical (unpaired) electrons. The van der Waals surface area contributed by atoms with Gasteiger partial charge in [0.25, 0.3) is 5.95 Å². The molecule has 0 bridgehead atoms. The molecule has 1 aromatic heterocycles. The van der Waals surface area contributed by atoms with Crippen molar-refractivity contribution >= 4 is 9.84 Å². The average Bonchev–Trinajstić information content (AvgIpc) is 2.81. The summed E-state index contributed by atoms with van der Waals surface area (Å²) >= 11 is 0. The molecule has 6 nitrogen and oxygen atoms in total. The fourth-order valence-electron chi connectivity index (χ4n) is 4.15. The fraction of sp³-hybridized carbons (Fsp3) is 0.577. The third-order valence-electron chi connectivity index (χ3n) is 6.58. The van der Waals surface area contributed by atoms with Crippen LogP contribution in [0.5, 0.6) is 5.95 Å². The zero-order valence-corrected chi connectivity index (χ0v) is 21.3. The van der Waals surface area contributed by atoms with Gasteiger partial charge >= 0.3 is 0 Å². The second-order valence-electron chi connectivity index (χ2n) is 8.96. The van der Waals surface area contributed by atoms with E-state index in [0.717, 1.165) is 32.1 Å². The van der Waals surface area contributed by atoms with Crippen LogP contribution in [0.15, 0.2) is 44.4 Å². The van der Waals surface area contributed by atoms with E-state index in [1.807, 2.05) is 0 Å². The smallest absolute Gasteiger partial charge is 0.291 e. The van der Waals surface area contributed by atoms with Crippen LogP contribution in [-0.4, -0.2) is 31.5 Å². The monoisotopic (exact) mass is 478 g/mol. The number of hydrogen-bond donors (Lipinski definition) is 1. The third kappa shape index (κ3) is 6.07. The Kier molecular flexibility index (Phi) is 9.73. The lowest BCUT2D eigenvalue weighted by molar-refractivity contribution is 0.115. The number of sulfone groups is 1. The normalized spacial score (nSPS) is 14.6. The molecular weight excluding hydrogens is 440 g/mol. The summed E-state index contributed by atoms with van der Waals surface area (Å²) in [5.41, 5.74) is 0.468. The predicted octanol–water partition coefficient (Wildman–Crippen LogP) is 5.15. The van der Waals surface area contributed by atoms with Gasteiger partial charge in [-0.1, -0.05) is 63.6 Å². The maximum Gasteiger partial charge on any atom is 0.291 e. The molecule has 2 rings (SSSR count). The number of ether oxygens (including phenoxy) is 1. The average molecular weight is 479 g/mol. The van der Waals surface area contributed by atoms with Gasteiger partial charge in [-0.3, -0.25) is 4.79 Å². The van der Waals surface area contributed by atoms with E-state index in [1.54, 1.807) is 51.1 Å². The van der Waals surface area contributed by atoms with Crippen molar-refractivity contribution in [3.05, 3.63) is 57.4 Å². The third-order valence-corrected chi connectivity index (χ3v) is 9.18. The Morgan fingerprint density at radius 1 is 1.03 bits per heavy atom. The van der Waals surface area contributed by atoms with Crippen molar-refractivity contribution in [2.75, 3.05) is 7.11 Å².